The molecule has 0 aromatic heterocycles. The Bertz CT molecular complexity index is 360. The number of benzene rings is 1. The molecule has 0 aliphatic heterocycles. The fourth-order valence-corrected chi connectivity index (χ4v) is 1.29. The maximum atomic E-state index is 9.98. The van der Waals surface area contributed by atoms with Crippen molar-refractivity contribution in [2.24, 2.45) is 5.73 Å². The van der Waals surface area contributed by atoms with Gasteiger partial charge in [-0.3, -0.25) is 0 Å². The van der Waals surface area contributed by atoms with E-state index in [1.807, 2.05) is 0 Å². The molecule has 0 aliphatic carbocycles. The topological polar surface area (TPSA) is 46.2 Å². The fourth-order valence-electron chi connectivity index (χ4n) is 1.29. The molecule has 0 fully saturated rings. The van der Waals surface area contributed by atoms with Gasteiger partial charge in [0.2, 0.25) is 0 Å². The van der Waals surface area contributed by atoms with Crippen molar-refractivity contribution >= 4 is 39.2 Å². The summed E-state index contributed by atoms with van der Waals surface area (Å²) in [5.74, 6) is 0. The van der Waals surface area contributed by atoms with Gasteiger partial charge in [0.25, 0.3) is 0 Å². The summed E-state index contributed by atoms with van der Waals surface area (Å²) in [5, 5.41) is 7.85. The largest absolute Gasteiger partial charge is 0.400 e. The Morgan fingerprint density at radius 3 is 1.75 bits per heavy atom. The van der Waals surface area contributed by atoms with Crippen LogP contribution in [0.4, 0.5) is 0 Å². The zero-order valence-corrected chi connectivity index (χ0v) is 8.80. The van der Waals surface area contributed by atoms with Crippen LogP contribution in [0.15, 0.2) is 30.3 Å². The lowest BCUT2D eigenvalue weighted by Gasteiger charge is -2.51. The average Bonchev–Trinajstić information content (AvgIpc) is 2.17. The number of aliphatic hydroxyl groups is 1. The minimum absolute atomic E-state index is 0.366. The molecule has 10 radical (unpaired) electrons. The molecule has 7 heteroatoms. The standard InChI is InChI=1S/C9H8B5NO/c10-7(15,6-4-2-1-3-5-6)8(11,16)9(12,13)14/h1-5,16H,15H2/t7-,8?/m0/s1. The zero-order chi connectivity index (χ0) is 12.6. The second kappa shape index (κ2) is 4.04. The lowest BCUT2D eigenvalue weighted by molar-refractivity contribution is 0.0798. The van der Waals surface area contributed by atoms with Gasteiger partial charge in [-0.1, -0.05) is 30.3 Å². The Morgan fingerprint density at radius 2 is 1.38 bits per heavy atom. The molecular weight excluding hydrogens is 192 g/mol. The third-order valence-corrected chi connectivity index (χ3v) is 2.54. The van der Waals surface area contributed by atoms with Gasteiger partial charge >= 0.3 is 0 Å². The smallest absolute Gasteiger partial charge is 0.112 e. The van der Waals surface area contributed by atoms with Crippen molar-refractivity contribution in [2.75, 3.05) is 0 Å². The SMILES string of the molecule is [B]C([B])([B])C([B])(O)[C@@]([B])(N)c1ccccc1. The average molecular weight is 200 g/mol. The molecule has 1 rings (SSSR count). The number of hydrogen-bond acceptors (Lipinski definition) is 2. The first kappa shape index (κ1) is 13.5. The lowest BCUT2D eigenvalue weighted by atomic mass is 9.27. The maximum Gasteiger partial charge on any atom is 0.112 e. The molecule has 2 atom stereocenters. The van der Waals surface area contributed by atoms with Gasteiger partial charge in [-0.2, -0.15) is 0 Å². The Balaban J connectivity index is 3.22. The highest BCUT2D eigenvalue weighted by Crippen LogP contribution is 2.37. The molecule has 3 N–H and O–H groups in total. The molecule has 0 saturated heterocycles. The highest BCUT2D eigenvalue weighted by molar-refractivity contribution is 6.63. The summed E-state index contributed by atoms with van der Waals surface area (Å²) < 4.78 is 0. The Morgan fingerprint density at radius 1 is 0.938 bits per heavy atom. The molecule has 70 valence electrons. The van der Waals surface area contributed by atoms with Crippen molar-refractivity contribution in [2.45, 2.75) is 16.1 Å². The van der Waals surface area contributed by atoms with Crippen LogP contribution in [-0.4, -0.2) is 49.8 Å². The Hall–Kier alpha value is -0.535. The van der Waals surface area contributed by atoms with Crippen LogP contribution in [0.2, 0.25) is 5.11 Å². The van der Waals surface area contributed by atoms with Crippen LogP contribution in [0.3, 0.4) is 0 Å². The van der Waals surface area contributed by atoms with Crippen LogP contribution in [0.5, 0.6) is 0 Å². The Kier molecular flexibility index (Phi) is 3.42. The van der Waals surface area contributed by atoms with E-state index in [0.29, 0.717) is 5.56 Å². The first-order valence-corrected chi connectivity index (χ1v) is 4.62. The van der Waals surface area contributed by atoms with Crippen molar-refractivity contribution in [3.8, 4) is 0 Å². The highest BCUT2D eigenvalue weighted by Gasteiger charge is 2.46. The first-order chi connectivity index (χ1) is 7.11. The third-order valence-electron chi connectivity index (χ3n) is 2.54. The van der Waals surface area contributed by atoms with E-state index < -0.39 is 16.1 Å². The number of nitrogens with two attached hydrogens (primary N) is 1. The molecule has 0 amide bonds. The normalized spacial score (nSPS) is 19.6. The van der Waals surface area contributed by atoms with Crippen LogP contribution in [-0.2, 0) is 5.44 Å². The molecule has 0 saturated carbocycles. The van der Waals surface area contributed by atoms with E-state index in [0.717, 1.165) is 0 Å². The van der Waals surface area contributed by atoms with Gasteiger partial charge in [-0.05, 0) is 5.56 Å². The van der Waals surface area contributed by atoms with Crippen molar-refractivity contribution in [1.29, 1.82) is 0 Å². The predicted molar refractivity (Wildman–Crippen MR) is 68.7 cm³/mol. The number of hydrogen-bond donors (Lipinski definition) is 2. The van der Waals surface area contributed by atoms with Gasteiger partial charge in [0, 0.05) is 10.9 Å². The van der Waals surface area contributed by atoms with Crippen LogP contribution in [0.25, 0.3) is 0 Å². The van der Waals surface area contributed by atoms with Gasteiger partial charge < -0.3 is 10.8 Å². The Labute approximate surface area is 102 Å². The molecule has 0 bridgehead atoms. The van der Waals surface area contributed by atoms with Crippen molar-refractivity contribution in [3.63, 3.8) is 0 Å². The van der Waals surface area contributed by atoms with Crippen LogP contribution >= 0.6 is 0 Å². The summed E-state index contributed by atoms with van der Waals surface area (Å²) in [7, 11) is 27.4. The summed E-state index contributed by atoms with van der Waals surface area (Å²) in [5.41, 5.74) is 1.89. The van der Waals surface area contributed by atoms with Crippen molar-refractivity contribution < 1.29 is 5.11 Å². The van der Waals surface area contributed by atoms with E-state index in [1.54, 1.807) is 30.3 Å². The molecule has 1 aromatic carbocycles. The van der Waals surface area contributed by atoms with Crippen molar-refractivity contribution in [1.82, 2.24) is 0 Å². The molecule has 0 heterocycles. The molecule has 1 aromatic rings. The minimum Gasteiger partial charge on any atom is -0.400 e. The molecular formula is C9H8B5NO. The lowest BCUT2D eigenvalue weighted by Crippen LogP contribution is -2.65. The molecule has 0 aliphatic rings. The minimum atomic E-state index is -2.37. The zero-order valence-electron chi connectivity index (χ0n) is 8.80. The van der Waals surface area contributed by atoms with Gasteiger partial charge in [-0.15, -0.1) is 5.11 Å². The predicted octanol–water partition coefficient (Wildman–Crippen LogP) is -1.60. The second-order valence-electron chi connectivity index (χ2n) is 3.93. The quantitative estimate of drug-likeness (QED) is 0.577. The van der Waals surface area contributed by atoms with E-state index in [-0.39, 0.29) is 0 Å². The second-order valence-corrected chi connectivity index (χ2v) is 3.93. The van der Waals surface area contributed by atoms with Crippen LogP contribution in [0.1, 0.15) is 5.56 Å². The summed E-state index contributed by atoms with van der Waals surface area (Å²) in [6.07, 6.45) is 0. The van der Waals surface area contributed by atoms with E-state index in [9.17, 15) is 5.11 Å². The summed E-state index contributed by atoms with van der Waals surface area (Å²) in [4.78, 5) is 0. The van der Waals surface area contributed by atoms with E-state index in [1.165, 1.54) is 0 Å². The molecule has 2 nitrogen and oxygen atoms in total. The molecule has 1 unspecified atom stereocenters. The summed E-state index contributed by atoms with van der Waals surface area (Å²) >= 11 is 0. The maximum absolute atomic E-state index is 9.98. The van der Waals surface area contributed by atoms with Crippen LogP contribution in [0, 0.1) is 0 Å². The number of rotatable bonds is 3. The van der Waals surface area contributed by atoms with Gasteiger partial charge in [-0.25, -0.2) is 0 Å². The van der Waals surface area contributed by atoms with E-state index in [4.69, 9.17) is 45.0 Å². The monoisotopic (exact) mass is 201 g/mol. The molecule has 0 spiro atoms. The summed E-state index contributed by atoms with van der Waals surface area (Å²) in [6, 6.07) is 8.30. The van der Waals surface area contributed by atoms with Gasteiger partial charge in [0.1, 0.15) is 15.7 Å². The van der Waals surface area contributed by atoms with E-state index in [2.05, 4.69) is 0 Å². The van der Waals surface area contributed by atoms with E-state index >= 15 is 0 Å². The third kappa shape index (κ3) is 2.11. The summed E-state index contributed by atoms with van der Waals surface area (Å²) in [6.45, 7) is 0. The van der Waals surface area contributed by atoms with Gasteiger partial charge in [0.05, 0.1) is 23.5 Å². The highest BCUT2D eigenvalue weighted by atomic mass is 16.3. The van der Waals surface area contributed by atoms with Crippen LogP contribution < -0.4 is 5.73 Å². The van der Waals surface area contributed by atoms with Gasteiger partial charge in [0.15, 0.2) is 0 Å². The molecule has 16 heavy (non-hydrogen) atoms. The first-order valence-electron chi connectivity index (χ1n) is 4.62. The fraction of sp³-hybridized carbons (Fsp3) is 0.333. The van der Waals surface area contributed by atoms with Crippen molar-refractivity contribution in [3.05, 3.63) is 35.9 Å².